The van der Waals surface area contributed by atoms with Gasteiger partial charge in [-0.1, -0.05) is 6.58 Å². The molecular weight excluding hydrogens is 696 g/mol. The van der Waals surface area contributed by atoms with E-state index < -0.39 is 95.9 Å². The molecule has 3 aliphatic heterocycles. The lowest BCUT2D eigenvalue weighted by Crippen LogP contribution is -2.64. The predicted molar refractivity (Wildman–Crippen MR) is 150 cm³/mol. The SMILES string of the molecule is C=C1NC(=O)C=CN1C1OC(COP(=O)([O-])OP(=O)([O-])O[C@@H]2OC(CO)[C@H](O)[C@H](O)C2NC(=O)CCOCCOCCOC)C(O)C1O. The summed E-state index contributed by atoms with van der Waals surface area (Å²) in [5.41, 5.74) is 0. The van der Waals surface area contributed by atoms with Gasteiger partial charge in [0.1, 0.15) is 48.5 Å². The minimum absolute atomic E-state index is 0.0315. The van der Waals surface area contributed by atoms with Crippen molar-refractivity contribution in [3.05, 3.63) is 24.7 Å². The molecule has 11 atom stereocenters. The lowest BCUT2D eigenvalue weighted by Gasteiger charge is -2.44. The molecule has 2 amide bonds. The zero-order chi connectivity index (χ0) is 35.6. The molecule has 8 unspecified atom stereocenters. The maximum Gasteiger partial charge on any atom is 0.276 e. The van der Waals surface area contributed by atoms with E-state index in [1.54, 1.807) is 0 Å². The van der Waals surface area contributed by atoms with Gasteiger partial charge in [0.25, 0.3) is 21.6 Å². The van der Waals surface area contributed by atoms with Crippen LogP contribution < -0.4 is 20.4 Å². The summed E-state index contributed by atoms with van der Waals surface area (Å²) in [7, 11) is -10.3. The minimum atomic E-state index is -6.00. The van der Waals surface area contributed by atoms with Crippen molar-refractivity contribution < 1.29 is 91.1 Å². The van der Waals surface area contributed by atoms with Crippen LogP contribution in [0.2, 0.25) is 0 Å². The summed E-state index contributed by atoms with van der Waals surface area (Å²) in [6, 6.07) is -1.82. The van der Waals surface area contributed by atoms with Crippen molar-refractivity contribution in [3.8, 4) is 0 Å². The highest BCUT2D eigenvalue weighted by molar-refractivity contribution is 7.59. The summed E-state index contributed by atoms with van der Waals surface area (Å²) in [4.78, 5) is 50.1. The molecule has 3 rings (SSSR count). The molecule has 24 heteroatoms. The van der Waals surface area contributed by atoms with E-state index in [4.69, 9.17) is 23.7 Å². The summed E-state index contributed by atoms with van der Waals surface area (Å²) in [5.74, 6) is -1.38. The van der Waals surface area contributed by atoms with Crippen molar-refractivity contribution in [1.29, 1.82) is 0 Å². The van der Waals surface area contributed by atoms with Crippen LogP contribution >= 0.6 is 15.6 Å². The quantitative estimate of drug-likeness (QED) is 0.0482. The number of methoxy groups -OCH3 is 1. The fourth-order valence-electron chi connectivity index (χ4n) is 4.49. The number of aliphatic hydroxyl groups excluding tert-OH is 5. The number of amides is 2. The number of nitrogens with one attached hydrogen (secondary N) is 2. The minimum Gasteiger partial charge on any atom is -0.756 e. The first kappa shape index (κ1) is 40.5. The van der Waals surface area contributed by atoms with E-state index in [-0.39, 0.29) is 32.1 Å². The van der Waals surface area contributed by atoms with Crippen LogP contribution in [-0.2, 0) is 55.8 Å². The van der Waals surface area contributed by atoms with Crippen molar-refractivity contribution in [2.75, 3.05) is 53.4 Å². The number of rotatable bonds is 19. The Bertz CT molecular complexity index is 1230. The van der Waals surface area contributed by atoms with E-state index in [1.807, 2.05) is 0 Å². The first-order valence-electron chi connectivity index (χ1n) is 14.3. The van der Waals surface area contributed by atoms with Gasteiger partial charge in [-0.3, -0.25) is 23.2 Å². The maximum atomic E-state index is 12.6. The smallest absolute Gasteiger partial charge is 0.276 e. The predicted octanol–water partition coefficient (Wildman–Crippen LogP) is -5.17. The molecule has 0 saturated carbocycles. The molecule has 0 radical (unpaired) electrons. The highest BCUT2D eigenvalue weighted by Gasteiger charge is 2.48. The summed E-state index contributed by atoms with van der Waals surface area (Å²) < 4.78 is 64.2. The highest BCUT2D eigenvalue weighted by atomic mass is 31.3. The highest BCUT2D eigenvalue weighted by Crippen LogP contribution is 2.57. The summed E-state index contributed by atoms with van der Waals surface area (Å²) in [6.45, 7) is 2.47. The molecule has 0 bridgehead atoms. The van der Waals surface area contributed by atoms with Crippen molar-refractivity contribution in [2.45, 2.75) is 61.6 Å². The molecular formula is C24H39N3O19P2-2. The Kier molecular flexibility index (Phi) is 15.5. The topological polar surface area (TPSA) is 317 Å². The third-order valence-corrected chi connectivity index (χ3v) is 9.42. The van der Waals surface area contributed by atoms with E-state index in [0.717, 1.165) is 11.0 Å². The lowest BCUT2D eigenvalue weighted by molar-refractivity contribution is -0.285. The molecule has 7 N–H and O–H groups in total. The van der Waals surface area contributed by atoms with E-state index in [2.05, 4.69) is 30.6 Å². The Morgan fingerprint density at radius 1 is 1.00 bits per heavy atom. The standard InChI is InChI=1S/C24H41N3O19P2/c1-13-25-16(29)3-5-27(13)23-22(34)20(32)15(43-23)12-42-47(35,36)46-48(37,38)45-24-18(21(33)19(31)14(11-28)44-24)26-17(30)4-6-40-9-10-41-8-7-39-2/h3,5,14-15,18-24,28,31-34H,1,4,6-12H2,2H3,(H,25,29)(H,26,30)(H,35,36)(H,37,38)/p-2/t14?,15?,18?,19-,20?,21+,22?,23?,24-/m0/s1. The van der Waals surface area contributed by atoms with E-state index >= 15 is 0 Å². The molecule has 0 aromatic heterocycles. The normalized spacial score (nSPS) is 33.2. The fraction of sp³-hybridized carbons (Fsp3) is 0.750. The third kappa shape index (κ3) is 11.6. The number of nitrogens with zero attached hydrogens (tertiary/aromatic N) is 1. The summed E-state index contributed by atoms with van der Waals surface area (Å²) in [6.07, 6.45) is -12.1. The number of phosphoric ester groups is 2. The first-order valence-corrected chi connectivity index (χ1v) is 17.2. The fourth-order valence-corrected chi connectivity index (χ4v) is 6.58. The zero-order valence-corrected chi connectivity index (χ0v) is 27.3. The Morgan fingerprint density at radius 3 is 2.29 bits per heavy atom. The van der Waals surface area contributed by atoms with Gasteiger partial charge in [0.2, 0.25) is 5.91 Å². The van der Waals surface area contributed by atoms with Gasteiger partial charge in [-0.2, -0.15) is 0 Å². The Hall–Kier alpha value is -1.92. The van der Waals surface area contributed by atoms with Crippen LogP contribution in [0, 0.1) is 0 Å². The Morgan fingerprint density at radius 2 is 1.65 bits per heavy atom. The van der Waals surface area contributed by atoms with Gasteiger partial charge in [0.15, 0.2) is 12.5 Å². The number of hydrogen-bond donors (Lipinski definition) is 7. The monoisotopic (exact) mass is 735 g/mol. The van der Waals surface area contributed by atoms with Gasteiger partial charge >= 0.3 is 0 Å². The summed E-state index contributed by atoms with van der Waals surface area (Å²) in [5, 5.41) is 55.5. The average molecular weight is 736 g/mol. The number of ether oxygens (including phenoxy) is 5. The van der Waals surface area contributed by atoms with Crippen LogP contribution in [-0.4, -0.2) is 151 Å². The first-order chi connectivity index (χ1) is 22.6. The van der Waals surface area contributed by atoms with Crippen LogP contribution in [0.25, 0.3) is 0 Å². The van der Waals surface area contributed by atoms with Gasteiger partial charge in [0, 0.05) is 25.8 Å². The van der Waals surface area contributed by atoms with Gasteiger partial charge in [-0.15, -0.1) is 0 Å². The van der Waals surface area contributed by atoms with Gasteiger partial charge in [-0.05, 0) is 0 Å². The van der Waals surface area contributed by atoms with Gasteiger partial charge < -0.3 is 79.1 Å². The van der Waals surface area contributed by atoms with Gasteiger partial charge in [-0.25, -0.2) is 4.31 Å². The van der Waals surface area contributed by atoms with Crippen molar-refractivity contribution in [3.63, 3.8) is 0 Å². The van der Waals surface area contributed by atoms with Crippen LogP contribution in [0.5, 0.6) is 0 Å². The number of hydrogen-bond acceptors (Lipinski definition) is 20. The molecule has 22 nitrogen and oxygen atoms in total. The van der Waals surface area contributed by atoms with Crippen LogP contribution in [0.15, 0.2) is 24.7 Å². The molecule has 3 aliphatic rings. The van der Waals surface area contributed by atoms with Crippen LogP contribution in [0.4, 0.5) is 0 Å². The molecule has 0 spiro atoms. The molecule has 0 aromatic rings. The second-order valence-electron chi connectivity index (χ2n) is 10.4. The number of aliphatic hydroxyl groups is 5. The number of carbonyl (C=O) groups is 2. The van der Waals surface area contributed by atoms with E-state index in [1.165, 1.54) is 13.3 Å². The van der Waals surface area contributed by atoms with Gasteiger partial charge in [0.05, 0.1) is 46.2 Å². The molecule has 276 valence electrons. The van der Waals surface area contributed by atoms with Crippen molar-refractivity contribution >= 4 is 27.5 Å². The van der Waals surface area contributed by atoms with E-state index in [0.29, 0.717) is 13.2 Å². The Labute approximate surface area is 273 Å². The van der Waals surface area contributed by atoms with Crippen molar-refractivity contribution in [2.24, 2.45) is 0 Å². The van der Waals surface area contributed by atoms with Crippen LogP contribution in [0.1, 0.15) is 6.42 Å². The summed E-state index contributed by atoms with van der Waals surface area (Å²) >= 11 is 0. The largest absolute Gasteiger partial charge is 0.756 e. The zero-order valence-electron chi connectivity index (χ0n) is 25.5. The maximum absolute atomic E-state index is 12.6. The van der Waals surface area contributed by atoms with Crippen LogP contribution in [0.3, 0.4) is 0 Å². The Balaban J connectivity index is 1.56. The molecule has 0 aromatic carbocycles. The molecule has 2 saturated heterocycles. The van der Waals surface area contributed by atoms with Crippen molar-refractivity contribution in [1.82, 2.24) is 15.5 Å². The third-order valence-electron chi connectivity index (χ3n) is 6.89. The second kappa shape index (κ2) is 18.4. The number of phosphoric acid groups is 2. The van der Waals surface area contributed by atoms with E-state index in [9.17, 15) is 54.0 Å². The number of carbonyl (C=O) groups excluding carboxylic acids is 2. The average Bonchev–Trinajstić information content (AvgIpc) is 3.29. The lowest BCUT2D eigenvalue weighted by atomic mass is 9.97. The molecule has 48 heavy (non-hydrogen) atoms. The second-order valence-corrected chi connectivity index (χ2v) is 13.3. The molecule has 3 heterocycles. The molecule has 2 fully saturated rings. The molecule has 0 aliphatic carbocycles.